The van der Waals surface area contributed by atoms with Crippen molar-refractivity contribution in [2.45, 2.75) is 57.0 Å². The van der Waals surface area contributed by atoms with Crippen molar-refractivity contribution in [3.63, 3.8) is 0 Å². The molecule has 108 valence electrons. The second-order valence-corrected chi connectivity index (χ2v) is 7.15. The first kappa shape index (κ1) is 13.2. The van der Waals surface area contributed by atoms with Gasteiger partial charge in [0, 0.05) is 12.6 Å². The molecule has 2 N–H and O–H groups in total. The molecule has 0 aromatic rings. The van der Waals surface area contributed by atoms with Gasteiger partial charge in [-0.25, -0.2) is 4.79 Å². The van der Waals surface area contributed by atoms with Crippen LogP contribution in [0.3, 0.4) is 0 Å². The molecule has 2 amide bonds. The lowest BCUT2D eigenvalue weighted by Gasteiger charge is -2.56. The molecule has 0 spiro atoms. The topological polar surface area (TPSA) is 50.4 Å². The van der Waals surface area contributed by atoms with Crippen LogP contribution < -0.4 is 10.6 Å². The summed E-state index contributed by atoms with van der Waals surface area (Å²) in [6.07, 6.45) is 7.81. The molecular weight excluding hydrogens is 240 g/mol. The highest BCUT2D eigenvalue weighted by atomic mass is 16.5. The van der Waals surface area contributed by atoms with Crippen LogP contribution in [0.25, 0.3) is 0 Å². The van der Waals surface area contributed by atoms with Crippen molar-refractivity contribution in [2.75, 3.05) is 13.7 Å². The van der Waals surface area contributed by atoms with Gasteiger partial charge in [0.05, 0.1) is 12.6 Å². The molecule has 4 nitrogen and oxygen atoms in total. The Morgan fingerprint density at radius 2 is 1.74 bits per heavy atom. The van der Waals surface area contributed by atoms with E-state index in [1.54, 1.807) is 7.11 Å². The van der Waals surface area contributed by atoms with Crippen LogP contribution >= 0.6 is 0 Å². The van der Waals surface area contributed by atoms with Crippen molar-refractivity contribution in [1.29, 1.82) is 0 Å². The summed E-state index contributed by atoms with van der Waals surface area (Å²) in [7, 11) is 1.66. The zero-order valence-corrected chi connectivity index (χ0v) is 12.1. The standard InChI is InChI=1S/C15H26N2O2/c1-10(9-19-2)16-14(18)17-15-6-11-3-12(7-15)5-13(4-11)8-15/h10-13H,3-9H2,1-2H3,(H2,16,17,18)/t10-,11?,12?,13?,15?/m0/s1. The van der Waals surface area contributed by atoms with Crippen LogP contribution in [-0.2, 0) is 4.74 Å². The summed E-state index contributed by atoms with van der Waals surface area (Å²) in [6, 6.07) is 0.0606. The van der Waals surface area contributed by atoms with E-state index in [0.29, 0.717) is 6.61 Å². The third kappa shape index (κ3) is 2.73. The summed E-state index contributed by atoms with van der Waals surface area (Å²) in [5, 5.41) is 6.29. The van der Waals surface area contributed by atoms with Gasteiger partial charge in [0.15, 0.2) is 0 Å². The maximum atomic E-state index is 12.1. The van der Waals surface area contributed by atoms with Gasteiger partial charge in [-0.05, 0) is 63.2 Å². The lowest BCUT2D eigenvalue weighted by molar-refractivity contribution is -0.0137. The van der Waals surface area contributed by atoms with E-state index in [-0.39, 0.29) is 17.6 Å². The number of amides is 2. The predicted molar refractivity (Wildman–Crippen MR) is 73.9 cm³/mol. The SMILES string of the molecule is COC[C@H](C)NC(=O)NC12CC3CC(CC(C3)C1)C2. The van der Waals surface area contributed by atoms with E-state index >= 15 is 0 Å². The van der Waals surface area contributed by atoms with E-state index in [0.717, 1.165) is 17.8 Å². The zero-order chi connectivity index (χ0) is 13.5. The first-order valence-corrected chi connectivity index (χ1v) is 7.66. The summed E-state index contributed by atoms with van der Waals surface area (Å²) in [4.78, 5) is 12.1. The second kappa shape index (κ2) is 4.97. The molecule has 0 aromatic carbocycles. The molecule has 0 unspecified atom stereocenters. The third-order valence-electron chi connectivity index (χ3n) is 5.21. The molecule has 0 aliphatic heterocycles. The first-order valence-electron chi connectivity index (χ1n) is 7.66. The molecule has 4 aliphatic rings. The van der Waals surface area contributed by atoms with Gasteiger partial charge in [-0.1, -0.05) is 0 Å². The molecule has 0 heterocycles. The number of nitrogens with one attached hydrogen (secondary N) is 2. The van der Waals surface area contributed by atoms with E-state index in [1.165, 1.54) is 38.5 Å². The lowest BCUT2D eigenvalue weighted by atomic mass is 9.53. The number of hydrogen-bond donors (Lipinski definition) is 2. The van der Waals surface area contributed by atoms with E-state index in [2.05, 4.69) is 10.6 Å². The smallest absolute Gasteiger partial charge is 0.315 e. The van der Waals surface area contributed by atoms with Crippen LogP contribution in [0.5, 0.6) is 0 Å². The van der Waals surface area contributed by atoms with Crippen molar-refractivity contribution in [2.24, 2.45) is 17.8 Å². The number of carbonyl (C=O) groups is 1. The highest BCUT2D eigenvalue weighted by Gasteiger charge is 2.51. The van der Waals surface area contributed by atoms with Gasteiger partial charge in [0.25, 0.3) is 0 Å². The maximum absolute atomic E-state index is 12.1. The Morgan fingerprint density at radius 3 is 2.21 bits per heavy atom. The van der Waals surface area contributed by atoms with Gasteiger partial charge < -0.3 is 15.4 Å². The molecular formula is C15H26N2O2. The van der Waals surface area contributed by atoms with E-state index in [4.69, 9.17) is 4.74 Å². The Morgan fingerprint density at radius 1 is 1.21 bits per heavy atom. The van der Waals surface area contributed by atoms with E-state index in [1.807, 2.05) is 6.92 Å². The minimum atomic E-state index is -0.00787. The molecule has 0 saturated heterocycles. The summed E-state index contributed by atoms with van der Waals surface area (Å²) < 4.78 is 5.06. The quantitative estimate of drug-likeness (QED) is 0.820. The van der Waals surface area contributed by atoms with Gasteiger partial charge in [0.2, 0.25) is 0 Å². The number of ether oxygens (including phenoxy) is 1. The summed E-state index contributed by atoms with van der Waals surface area (Å²) >= 11 is 0. The van der Waals surface area contributed by atoms with Crippen molar-refractivity contribution in [3.8, 4) is 0 Å². The second-order valence-electron chi connectivity index (χ2n) is 7.15. The molecule has 4 bridgehead atoms. The van der Waals surface area contributed by atoms with Gasteiger partial charge in [0.1, 0.15) is 0 Å². The molecule has 0 radical (unpaired) electrons. The number of methoxy groups -OCH3 is 1. The minimum Gasteiger partial charge on any atom is -0.383 e. The number of rotatable bonds is 4. The first-order chi connectivity index (χ1) is 9.08. The normalized spacial score (nSPS) is 41.1. The minimum absolute atomic E-state index is 0.00787. The van der Waals surface area contributed by atoms with E-state index < -0.39 is 0 Å². The fourth-order valence-corrected chi connectivity index (χ4v) is 5.06. The van der Waals surface area contributed by atoms with Crippen molar-refractivity contribution >= 4 is 6.03 Å². The summed E-state index contributed by atoms with van der Waals surface area (Å²) in [6.45, 7) is 2.54. The largest absolute Gasteiger partial charge is 0.383 e. The molecule has 0 aromatic heterocycles. The maximum Gasteiger partial charge on any atom is 0.315 e. The molecule has 4 saturated carbocycles. The fraction of sp³-hybridized carbons (Fsp3) is 0.933. The molecule has 1 atom stereocenters. The molecule has 19 heavy (non-hydrogen) atoms. The Labute approximate surface area is 115 Å². The van der Waals surface area contributed by atoms with Crippen LogP contribution in [0, 0.1) is 17.8 Å². The average Bonchev–Trinajstić information content (AvgIpc) is 2.25. The van der Waals surface area contributed by atoms with Crippen molar-refractivity contribution in [3.05, 3.63) is 0 Å². The molecule has 4 rings (SSSR count). The Hall–Kier alpha value is -0.770. The van der Waals surface area contributed by atoms with Crippen molar-refractivity contribution < 1.29 is 9.53 Å². The highest BCUT2D eigenvalue weighted by molar-refractivity contribution is 5.75. The average molecular weight is 266 g/mol. The van der Waals surface area contributed by atoms with Crippen LogP contribution in [0.1, 0.15) is 45.4 Å². The van der Waals surface area contributed by atoms with Crippen LogP contribution in [0.4, 0.5) is 4.79 Å². The monoisotopic (exact) mass is 266 g/mol. The Bertz CT molecular complexity index is 321. The van der Waals surface area contributed by atoms with Crippen LogP contribution in [0.15, 0.2) is 0 Å². The summed E-state index contributed by atoms with van der Waals surface area (Å²) in [5.41, 5.74) is 0.103. The molecule has 4 aliphatic carbocycles. The lowest BCUT2D eigenvalue weighted by Crippen LogP contribution is -2.62. The van der Waals surface area contributed by atoms with Crippen molar-refractivity contribution in [1.82, 2.24) is 10.6 Å². The molecule has 4 fully saturated rings. The van der Waals surface area contributed by atoms with Crippen LogP contribution in [0.2, 0.25) is 0 Å². The van der Waals surface area contributed by atoms with Gasteiger partial charge in [-0.2, -0.15) is 0 Å². The van der Waals surface area contributed by atoms with Crippen LogP contribution in [-0.4, -0.2) is 31.3 Å². The highest BCUT2D eigenvalue weighted by Crippen LogP contribution is 2.55. The summed E-state index contributed by atoms with van der Waals surface area (Å²) in [5.74, 6) is 2.59. The fourth-order valence-electron chi connectivity index (χ4n) is 5.06. The number of hydrogen-bond acceptors (Lipinski definition) is 2. The zero-order valence-electron chi connectivity index (χ0n) is 12.1. The molecule has 4 heteroatoms. The van der Waals surface area contributed by atoms with Gasteiger partial charge in [-0.3, -0.25) is 0 Å². The third-order valence-corrected chi connectivity index (χ3v) is 5.21. The van der Waals surface area contributed by atoms with E-state index in [9.17, 15) is 4.79 Å². The Balaban J connectivity index is 1.58. The van der Waals surface area contributed by atoms with Gasteiger partial charge >= 0.3 is 6.03 Å². The Kier molecular flexibility index (Phi) is 3.46. The predicted octanol–water partition coefficient (Wildman–Crippen LogP) is 2.29. The van der Waals surface area contributed by atoms with Gasteiger partial charge in [-0.15, -0.1) is 0 Å². The number of carbonyl (C=O) groups excluding carboxylic acids is 1. The number of urea groups is 1.